The summed E-state index contributed by atoms with van der Waals surface area (Å²) < 4.78 is 4.89. The molecule has 0 N–H and O–H groups in total. The Morgan fingerprint density at radius 1 is 1.71 bits per heavy atom. The van der Waals surface area contributed by atoms with E-state index in [-0.39, 0.29) is 6.23 Å². The van der Waals surface area contributed by atoms with Crippen molar-refractivity contribution in [3.05, 3.63) is 23.9 Å². The highest BCUT2D eigenvalue weighted by Gasteiger charge is 2.24. The maximum atomic E-state index is 10.2. The topological polar surface area (TPSA) is 42.4 Å². The number of nitrogens with zero attached hydrogens (tertiary/aromatic N) is 2. The van der Waals surface area contributed by atoms with Gasteiger partial charge in [-0.2, -0.15) is 0 Å². The molecule has 1 aliphatic rings. The zero-order valence-corrected chi connectivity index (χ0v) is 8.01. The van der Waals surface area contributed by atoms with Crippen LogP contribution in [0, 0.1) is 0 Å². The Kier molecular flexibility index (Phi) is 2.35. The molecule has 1 aromatic heterocycles. The Morgan fingerprint density at radius 3 is 3.36 bits per heavy atom. The van der Waals surface area contributed by atoms with Crippen LogP contribution in [0.4, 0.5) is 5.82 Å². The molecule has 74 valence electrons. The minimum Gasteiger partial charge on any atom is -0.444 e. The van der Waals surface area contributed by atoms with Crippen LogP contribution in [0.2, 0.25) is 0 Å². The predicted molar refractivity (Wildman–Crippen MR) is 51.9 cm³/mol. The molecular weight excluding hydrogens is 180 g/mol. The summed E-state index contributed by atoms with van der Waals surface area (Å²) in [4.78, 5) is 16.5. The standard InChI is InChI=1S/C10H12N2O2/c1-8(14-7-13)12-6-4-9-3-2-5-11-10(9)12/h2-3,5,7-8H,4,6H2,1H3/t8-/m0/s1. The number of hydrogen-bond acceptors (Lipinski definition) is 4. The summed E-state index contributed by atoms with van der Waals surface area (Å²) in [6.07, 6.45) is 2.49. The molecule has 0 bridgehead atoms. The average Bonchev–Trinajstić information content (AvgIpc) is 2.61. The van der Waals surface area contributed by atoms with Crippen molar-refractivity contribution in [2.24, 2.45) is 0 Å². The van der Waals surface area contributed by atoms with Crippen LogP contribution in [0.1, 0.15) is 12.5 Å². The number of pyridine rings is 1. The van der Waals surface area contributed by atoms with Crippen molar-refractivity contribution in [3.8, 4) is 0 Å². The van der Waals surface area contributed by atoms with E-state index in [0.717, 1.165) is 18.8 Å². The molecule has 1 atom stereocenters. The second kappa shape index (κ2) is 3.65. The van der Waals surface area contributed by atoms with Gasteiger partial charge in [0.2, 0.25) is 0 Å². The monoisotopic (exact) mass is 192 g/mol. The lowest BCUT2D eigenvalue weighted by molar-refractivity contribution is -0.132. The maximum absolute atomic E-state index is 10.2. The van der Waals surface area contributed by atoms with Crippen LogP contribution in [0.5, 0.6) is 0 Å². The Bertz CT molecular complexity index is 341. The smallest absolute Gasteiger partial charge is 0.294 e. The van der Waals surface area contributed by atoms with Gasteiger partial charge < -0.3 is 9.64 Å². The Morgan fingerprint density at radius 2 is 2.57 bits per heavy atom. The Hall–Kier alpha value is -1.58. The highest BCUT2D eigenvalue weighted by molar-refractivity contribution is 5.52. The quantitative estimate of drug-likeness (QED) is 0.669. The van der Waals surface area contributed by atoms with Crippen LogP contribution in [-0.2, 0) is 16.0 Å². The maximum Gasteiger partial charge on any atom is 0.294 e. The van der Waals surface area contributed by atoms with E-state index in [9.17, 15) is 4.79 Å². The van der Waals surface area contributed by atoms with Gasteiger partial charge in [-0.05, 0) is 25.0 Å². The first-order chi connectivity index (χ1) is 6.83. The average molecular weight is 192 g/mol. The number of rotatable bonds is 3. The molecule has 0 saturated carbocycles. The first-order valence-electron chi connectivity index (χ1n) is 4.62. The fourth-order valence-corrected chi connectivity index (χ4v) is 1.74. The van der Waals surface area contributed by atoms with Crippen LogP contribution >= 0.6 is 0 Å². The van der Waals surface area contributed by atoms with Gasteiger partial charge in [-0.3, -0.25) is 4.79 Å². The van der Waals surface area contributed by atoms with Crippen LogP contribution in [0.3, 0.4) is 0 Å². The van der Waals surface area contributed by atoms with Gasteiger partial charge in [-0.15, -0.1) is 0 Å². The summed E-state index contributed by atoms with van der Waals surface area (Å²) in [7, 11) is 0. The molecule has 0 spiro atoms. The van der Waals surface area contributed by atoms with Crippen molar-refractivity contribution in [2.75, 3.05) is 11.4 Å². The number of aromatic nitrogens is 1. The van der Waals surface area contributed by atoms with Crippen molar-refractivity contribution >= 4 is 12.3 Å². The van der Waals surface area contributed by atoms with Crippen molar-refractivity contribution < 1.29 is 9.53 Å². The van der Waals surface area contributed by atoms with Crippen molar-refractivity contribution in [2.45, 2.75) is 19.6 Å². The summed E-state index contributed by atoms with van der Waals surface area (Å²) >= 11 is 0. The molecule has 1 aliphatic heterocycles. The summed E-state index contributed by atoms with van der Waals surface area (Å²) in [5.74, 6) is 0.932. The van der Waals surface area contributed by atoms with Gasteiger partial charge in [-0.25, -0.2) is 4.98 Å². The van der Waals surface area contributed by atoms with Crippen LogP contribution < -0.4 is 4.90 Å². The van der Waals surface area contributed by atoms with E-state index in [4.69, 9.17) is 4.74 Å². The molecule has 0 saturated heterocycles. The molecule has 4 heteroatoms. The summed E-state index contributed by atoms with van der Waals surface area (Å²) in [5, 5.41) is 0. The van der Waals surface area contributed by atoms with E-state index in [1.807, 2.05) is 17.9 Å². The number of hydrogen-bond donors (Lipinski definition) is 0. The minimum atomic E-state index is -0.233. The molecule has 0 amide bonds. The largest absolute Gasteiger partial charge is 0.444 e. The van der Waals surface area contributed by atoms with Gasteiger partial charge in [-0.1, -0.05) is 6.07 Å². The second-order valence-corrected chi connectivity index (χ2v) is 3.26. The van der Waals surface area contributed by atoms with Crippen LogP contribution in [-0.4, -0.2) is 24.2 Å². The third-order valence-corrected chi connectivity index (χ3v) is 2.45. The molecular formula is C10H12N2O2. The molecule has 0 aliphatic carbocycles. The molecule has 14 heavy (non-hydrogen) atoms. The van der Waals surface area contributed by atoms with Crippen molar-refractivity contribution in [3.63, 3.8) is 0 Å². The fourth-order valence-electron chi connectivity index (χ4n) is 1.74. The van der Waals surface area contributed by atoms with Crippen molar-refractivity contribution in [1.29, 1.82) is 0 Å². The minimum absolute atomic E-state index is 0.233. The lowest BCUT2D eigenvalue weighted by atomic mass is 10.2. The molecule has 0 radical (unpaired) electrons. The van der Waals surface area contributed by atoms with E-state index in [1.165, 1.54) is 5.56 Å². The summed E-state index contributed by atoms with van der Waals surface area (Å²) in [6, 6.07) is 3.98. The van der Waals surface area contributed by atoms with Gasteiger partial charge in [0.25, 0.3) is 6.47 Å². The molecule has 2 rings (SSSR count). The molecule has 2 heterocycles. The summed E-state index contributed by atoms with van der Waals surface area (Å²) in [6.45, 7) is 3.19. The van der Waals surface area contributed by atoms with E-state index in [1.54, 1.807) is 6.20 Å². The van der Waals surface area contributed by atoms with Crippen LogP contribution in [0.25, 0.3) is 0 Å². The van der Waals surface area contributed by atoms with E-state index >= 15 is 0 Å². The Labute approximate surface area is 82.5 Å². The van der Waals surface area contributed by atoms with E-state index < -0.39 is 0 Å². The first kappa shape index (κ1) is 8.99. The van der Waals surface area contributed by atoms with Crippen molar-refractivity contribution in [1.82, 2.24) is 4.98 Å². The normalized spacial score (nSPS) is 16.2. The number of anilines is 1. The van der Waals surface area contributed by atoms with Gasteiger partial charge in [0.1, 0.15) is 5.82 Å². The predicted octanol–water partition coefficient (Wildman–Crippen LogP) is 0.963. The number of carbonyl (C=O) groups excluding carboxylic acids is 1. The fraction of sp³-hybridized carbons (Fsp3) is 0.400. The highest BCUT2D eigenvalue weighted by atomic mass is 16.5. The van der Waals surface area contributed by atoms with Gasteiger partial charge in [0.15, 0.2) is 6.23 Å². The SMILES string of the molecule is C[C@H](OC=O)N1CCc2cccnc21. The highest BCUT2D eigenvalue weighted by Crippen LogP contribution is 2.26. The van der Waals surface area contributed by atoms with Gasteiger partial charge >= 0.3 is 0 Å². The van der Waals surface area contributed by atoms with Gasteiger partial charge in [0.05, 0.1) is 0 Å². The molecule has 4 nitrogen and oxygen atoms in total. The summed E-state index contributed by atoms with van der Waals surface area (Å²) in [5.41, 5.74) is 1.22. The first-order valence-corrected chi connectivity index (χ1v) is 4.62. The van der Waals surface area contributed by atoms with Gasteiger partial charge in [0, 0.05) is 12.7 Å². The van der Waals surface area contributed by atoms with E-state index in [0.29, 0.717) is 6.47 Å². The number of ether oxygens (including phenoxy) is 1. The molecule has 0 fully saturated rings. The third-order valence-electron chi connectivity index (χ3n) is 2.45. The van der Waals surface area contributed by atoms with E-state index in [2.05, 4.69) is 11.1 Å². The molecule has 0 aromatic carbocycles. The zero-order valence-electron chi connectivity index (χ0n) is 8.01. The number of carbonyl (C=O) groups is 1. The molecule has 0 unspecified atom stereocenters. The lowest BCUT2D eigenvalue weighted by Crippen LogP contribution is -2.33. The molecule has 1 aromatic rings. The third kappa shape index (κ3) is 1.43. The zero-order chi connectivity index (χ0) is 9.97. The Balaban J connectivity index is 2.21. The second-order valence-electron chi connectivity index (χ2n) is 3.26. The number of fused-ring (bicyclic) bond motifs is 1. The lowest BCUT2D eigenvalue weighted by Gasteiger charge is -2.23. The van der Waals surface area contributed by atoms with Crippen LogP contribution in [0.15, 0.2) is 18.3 Å².